The maximum Gasteiger partial charge on any atom is 0.247 e. The van der Waals surface area contributed by atoms with E-state index < -0.39 is 12.0 Å². The molecule has 0 radical (unpaired) electrons. The first-order valence-electron chi connectivity index (χ1n) is 4.72. The molecule has 0 aliphatic rings. The summed E-state index contributed by atoms with van der Waals surface area (Å²) in [6, 6.07) is 0. The van der Waals surface area contributed by atoms with Gasteiger partial charge in [-0.2, -0.15) is 0 Å². The van der Waals surface area contributed by atoms with Crippen LogP contribution in [0, 0.1) is 5.92 Å². The molecule has 0 heterocycles. The second kappa shape index (κ2) is 6.86. The average Bonchev–Trinajstić information content (AvgIpc) is 2.02. The molecule has 1 amide bonds. The van der Waals surface area contributed by atoms with Crippen molar-refractivity contribution in [2.45, 2.75) is 32.8 Å². The van der Waals surface area contributed by atoms with Gasteiger partial charge in [0.2, 0.25) is 5.91 Å². The lowest BCUT2D eigenvalue weighted by molar-refractivity contribution is -0.125. The van der Waals surface area contributed by atoms with Gasteiger partial charge >= 0.3 is 0 Å². The summed E-state index contributed by atoms with van der Waals surface area (Å²) in [5, 5.41) is 12.0. The molecule has 0 saturated heterocycles. The number of aliphatic hydroxyl groups is 1. The highest BCUT2D eigenvalue weighted by Gasteiger charge is 2.08. The van der Waals surface area contributed by atoms with Gasteiger partial charge in [0.15, 0.2) is 0 Å². The molecule has 0 spiro atoms. The summed E-state index contributed by atoms with van der Waals surface area (Å²) in [4.78, 5) is 10.4. The minimum Gasteiger partial charge on any atom is -0.382 e. The maximum atomic E-state index is 10.4. The van der Waals surface area contributed by atoms with E-state index in [0.29, 0.717) is 5.92 Å². The number of aliphatic hydroxyl groups excluding tert-OH is 1. The number of carbonyl (C=O) groups excluding carboxylic acids is 1. The quantitative estimate of drug-likeness (QED) is 0.487. The Kier molecular flexibility index (Phi) is 6.54. The highest BCUT2D eigenvalue weighted by atomic mass is 16.3. The minimum atomic E-state index is -1.06. The maximum absolute atomic E-state index is 10.4. The van der Waals surface area contributed by atoms with E-state index in [1.165, 1.54) is 0 Å². The Morgan fingerprint density at radius 3 is 2.62 bits per heavy atom. The zero-order valence-electron chi connectivity index (χ0n) is 8.42. The van der Waals surface area contributed by atoms with Gasteiger partial charge in [0.05, 0.1) is 0 Å². The summed E-state index contributed by atoms with van der Waals surface area (Å²) in [6.45, 7) is 5.41. The molecular weight excluding hydrogens is 168 g/mol. The molecule has 0 aromatic rings. The monoisotopic (exact) mass is 188 g/mol. The smallest absolute Gasteiger partial charge is 0.247 e. The van der Waals surface area contributed by atoms with Gasteiger partial charge in [0, 0.05) is 6.54 Å². The van der Waals surface area contributed by atoms with Crippen LogP contribution in [-0.2, 0) is 4.79 Å². The molecule has 4 heteroatoms. The number of amides is 1. The van der Waals surface area contributed by atoms with E-state index in [4.69, 9.17) is 10.8 Å². The van der Waals surface area contributed by atoms with Crippen LogP contribution in [0.4, 0.5) is 0 Å². The molecule has 0 aliphatic heterocycles. The number of primary amides is 1. The molecule has 4 nitrogen and oxygen atoms in total. The van der Waals surface area contributed by atoms with Gasteiger partial charge in [-0.3, -0.25) is 4.79 Å². The molecule has 0 saturated carbocycles. The molecule has 78 valence electrons. The van der Waals surface area contributed by atoms with Crippen LogP contribution in [-0.4, -0.2) is 30.2 Å². The minimum absolute atomic E-state index is 0.257. The largest absolute Gasteiger partial charge is 0.382 e. The highest BCUT2D eigenvalue weighted by Crippen LogP contribution is 2.01. The molecule has 0 aromatic heterocycles. The third-order valence-corrected chi connectivity index (χ3v) is 1.80. The highest BCUT2D eigenvalue weighted by molar-refractivity contribution is 5.78. The molecule has 0 fully saturated rings. The normalized spacial score (nSPS) is 13.2. The van der Waals surface area contributed by atoms with E-state index in [0.717, 1.165) is 19.4 Å². The Labute approximate surface area is 79.5 Å². The summed E-state index contributed by atoms with van der Waals surface area (Å²) in [5.41, 5.74) is 4.87. The van der Waals surface area contributed by atoms with E-state index >= 15 is 0 Å². The fraction of sp³-hybridized carbons (Fsp3) is 0.889. The first-order valence-corrected chi connectivity index (χ1v) is 4.72. The van der Waals surface area contributed by atoms with Crippen LogP contribution < -0.4 is 11.1 Å². The number of nitrogens with one attached hydrogen (secondary N) is 1. The Morgan fingerprint density at radius 2 is 2.15 bits per heavy atom. The second-order valence-electron chi connectivity index (χ2n) is 3.66. The average molecular weight is 188 g/mol. The molecule has 0 rings (SSSR count). The Hall–Kier alpha value is -0.610. The van der Waals surface area contributed by atoms with Gasteiger partial charge in [0.1, 0.15) is 6.10 Å². The van der Waals surface area contributed by atoms with Crippen molar-refractivity contribution >= 4 is 5.91 Å². The second-order valence-corrected chi connectivity index (χ2v) is 3.66. The van der Waals surface area contributed by atoms with Crippen molar-refractivity contribution in [3.63, 3.8) is 0 Å². The fourth-order valence-corrected chi connectivity index (χ4v) is 0.975. The van der Waals surface area contributed by atoms with Crippen molar-refractivity contribution < 1.29 is 9.90 Å². The zero-order valence-corrected chi connectivity index (χ0v) is 8.42. The SMILES string of the molecule is CC(C)CCCNCC(O)C(N)=O. The molecule has 13 heavy (non-hydrogen) atoms. The van der Waals surface area contributed by atoms with Crippen molar-refractivity contribution in [2.24, 2.45) is 11.7 Å². The first-order chi connectivity index (χ1) is 6.04. The first kappa shape index (κ1) is 12.4. The number of rotatable bonds is 7. The summed E-state index contributed by atoms with van der Waals surface area (Å²) < 4.78 is 0. The van der Waals surface area contributed by atoms with E-state index in [1.807, 2.05) is 0 Å². The molecule has 0 aliphatic carbocycles. The van der Waals surface area contributed by atoms with Crippen molar-refractivity contribution in [1.82, 2.24) is 5.32 Å². The number of nitrogens with two attached hydrogens (primary N) is 1. The van der Waals surface area contributed by atoms with Gasteiger partial charge in [-0.25, -0.2) is 0 Å². The predicted molar refractivity (Wildman–Crippen MR) is 52.1 cm³/mol. The number of carbonyl (C=O) groups is 1. The van der Waals surface area contributed by atoms with Gasteiger partial charge in [-0.15, -0.1) is 0 Å². The summed E-state index contributed by atoms with van der Waals surface area (Å²) >= 11 is 0. The van der Waals surface area contributed by atoms with Crippen molar-refractivity contribution in [3.8, 4) is 0 Å². The van der Waals surface area contributed by atoms with Gasteiger partial charge in [-0.05, 0) is 25.3 Å². The van der Waals surface area contributed by atoms with E-state index in [2.05, 4.69) is 19.2 Å². The van der Waals surface area contributed by atoms with Gasteiger partial charge in [0.25, 0.3) is 0 Å². The standard InChI is InChI=1S/C9H20N2O2/c1-7(2)4-3-5-11-6-8(12)9(10)13/h7-8,11-12H,3-6H2,1-2H3,(H2,10,13). The van der Waals surface area contributed by atoms with Crippen molar-refractivity contribution in [1.29, 1.82) is 0 Å². The number of hydrogen-bond donors (Lipinski definition) is 3. The topological polar surface area (TPSA) is 75.3 Å². The molecule has 0 bridgehead atoms. The van der Waals surface area contributed by atoms with E-state index in [-0.39, 0.29) is 6.54 Å². The van der Waals surface area contributed by atoms with Crippen LogP contribution in [0.5, 0.6) is 0 Å². The summed E-state index contributed by atoms with van der Waals surface area (Å²) in [6.07, 6.45) is 1.15. The third-order valence-electron chi connectivity index (χ3n) is 1.80. The Morgan fingerprint density at radius 1 is 1.54 bits per heavy atom. The molecule has 0 aromatic carbocycles. The Balaban J connectivity index is 3.21. The van der Waals surface area contributed by atoms with Crippen molar-refractivity contribution in [2.75, 3.05) is 13.1 Å². The lowest BCUT2D eigenvalue weighted by Gasteiger charge is -2.08. The zero-order chi connectivity index (χ0) is 10.3. The summed E-state index contributed by atoms with van der Waals surface area (Å²) in [5.74, 6) is 0.0271. The van der Waals surface area contributed by atoms with Gasteiger partial charge in [-0.1, -0.05) is 13.8 Å². The number of hydrogen-bond acceptors (Lipinski definition) is 3. The third kappa shape index (κ3) is 7.74. The Bertz CT molecular complexity index is 149. The lowest BCUT2D eigenvalue weighted by Crippen LogP contribution is -2.37. The van der Waals surface area contributed by atoms with Crippen molar-refractivity contribution in [3.05, 3.63) is 0 Å². The van der Waals surface area contributed by atoms with Crippen LogP contribution in [0.25, 0.3) is 0 Å². The molecular formula is C9H20N2O2. The molecule has 4 N–H and O–H groups in total. The van der Waals surface area contributed by atoms with Crippen LogP contribution >= 0.6 is 0 Å². The summed E-state index contributed by atoms with van der Waals surface area (Å²) in [7, 11) is 0. The lowest BCUT2D eigenvalue weighted by atomic mass is 10.1. The van der Waals surface area contributed by atoms with Crippen LogP contribution in [0.15, 0.2) is 0 Å². The van der Waals surface area contributed by atoms with Crippen LogP contribution in [0.1, 0.15) is 26.7 Å². The van der Waals surface area contributed by atoms with Gasteiger partial charge < -0.3 is 16.2 Å². The van der Waals surface area contributed by atoms with Crippen LogP contribution in [0.2, 0.25) is 0 Å². The van der Waals surface area contributed by atoms with E-state index in [1.54, 1.807) is 0 Å². The molecule has 1 atom stereocenters. The predicted octanol–water partition coefficient (Wildman–Crippen LogP) is -0.142. The fourth-order valence-electron chi connectivity index (χ4n) is 0.975. The molecule has 1 unspecified atom stereocenters. The van der Waals surface area contributed by atoms with Crippen LogP contribution in [0.3, 0.4) is 0 Å². The van der Waals surface area contributed by atoms with E-state index in [9.17, 15) is 4.79 Å².